The van der Waals surface area contributed by atoms with Crippen molar-refractivity contribution >= 4 is 13.2 Å². The molecule has 1 aliphatic carbocycles. The highest BCUT2D eigenvalue weighted by molar-refractivity contribution is 6.53. The van der Waals surface area contributed by atoms with Gasteiger partial charge in [0, 0.05) is 18.5 Å². The second-order valence-electron chi connectivity index (χ2n) is 9.29. The fraction of sp³-hybridized carbons (Fsp3) is 0.571. The van der Waals surface area contributed by atoms with Crippen molar-refractivity contribution in [2.45, 2.75) is 58.3 Å². The lowest BCUT2D eigenvalue weighted by atomic mass is 9.58. The van der Waals surface area contributed by atoms with E-state index in [0.29, 0.717) is 25.9 Å². The maximum atomic E-state index is 14.8. The number of carbonyl (C=O) groups excluding carboxylic acids is 1. The molecule has 0 radical (unpaired) electrons. The molecule has 150 valence electrons. The maximum absolute atomic E-state index is 14.8. The van der Waals surface area contributed by atoms with E-state index in [1.165, 1.54) is 0 Å². The number of benzene rings is 1. The van der Waals surface area contributed by atoms with Crippen LogP contribution in [0.3, 0.4) is 0 Å². The first-order chi connectivity index (χ1) is 13.1. The highest BCUT2D eigenvalue weighted by Crippen LogP contribution is 2.54. The van der Waals surface area contributed by atoms with Gasteiger partial charge < -0.3 is 18.9 Å². The third-order valence-electron chi connectivity index (χ3n) is 6.49. The van der Waals surface area contributed by atoms with Crippen molar-refractivity contribution in [1.82, 2.24) is 4.90 Å². The van der Waals surface area contributed by atoms with Crippen LogP contribution in [-0.2, 0) is 20.7 Å². The average Bonchev–Trinajstić information content (AvgIpc) is 2.79. The number of amides is 1. The highest BCUT2D eigenvalue weighted by atomic mass is 19.1. The number of hydrogen-bond acceptors (Lipinski definition) is 4. The molecular weight excluding hydrogens is 360 g/mol. The standard InChI is InChI=1S/C21H27BFNO4/c1-19(2)20(3,4)28-22(27-19)17(23)16-10-21(11-16)13-24(14-21)18(25)26-12-15-8-6-5-7-9-15/h5-9H,10-14H2,1-4H3. The van der Waals surface area contributed by atoms with Gasteiger partial charge in [-0.3, -0.25) is 0 Å². The Morgan fingerprint density at radius 2 is 1.68 bits per heavy atom. The summed E-state index contributed by atoms with van der Waals surface area (Å²) in [6.45, 7) is 9.15. The predicted octanol–water partition coefficient (Wildman–Crippen LogP) is 4.27. The van der Waals surface area contributed by atoms with E-state index in [-0.39, 0.29) is 23.8 Å². The fourth-order valence-corrected chi connectivity index (χ4v) is 4.06. The van der Waals surface area contributed by atoms with Gasteiger partial charge in [0.05, 0.1) is 11.2 Å². The van der Waals surface area contributed by atoms with Crippen LogP contribution < -0.4 is 0 Å². The smallest absolute Gasteiger partial charge is 0.445 e. The summed E-state index contributed by atoms with van der Waals surface area (Å²) < 4.78 is 31.8. The van der Waals surface area contributed by atoms with E-state index < -0.39 is 18.3 Å². The molecule has 4 rings (SSSR count). The third kappa shape index (κ3) is 3.35. The average molecular weight is 387 g/mol. The van der Waals surface area contributed by atoms with Gasteiger partial charge in [-0.1, -0.05) is 30.3 Å². The molecule has 5 nitrogen and oxygen atoms in total. The van der Waals surface area contributed by atoms with Gasteiger partial charge in [-0.05, 0) is 51.7 Å². The molecule has 2 saturated heterocycles. The molecule has 3 fully saturated rings. The Morgan fingerprint density at radius 3 is 2.25 bits per heavy atom. The Bertz CT molecular complexity index is 776. The molecular formula is C21H27BFNO4. The molecule has 7 heteroatoms. The molecule has 0 atom stereocenters. The van der Waals surface area contributed by atoms with Gasteiger partial charge in [-0.15, -0.1) is 0 Å². The first-order valence-electron chi connectivity index (χ1n) is 9.80. The van der Waals surface area contributed by atoms with E-state index in [9.17, 15) is 9.18 Å². The largest absolute Gasteiger partial charge is 0.525 e. The summed E-state index contributed by atoms with van der Waals surface area (Å²) in [4.78, 5) is 13.9. The molecule has 1 aromatic rings. The van der Waals surface area contributed by atoms with Gasteiger partial charge in [-0.25, -0.2) is 9.18 Å². The SMILES string of the molecule is CC1(C)OB(C(F)=C2CC3(C2)CN(C(=O)OCc2ccccc2)C3)OC1(C)C. The van der Waals surface area contributed by atoms with Crippen molar-refractivity contribution in [1.29, 1.82) is 0 Å². The molecule has 1 saturated carbocycles. The second-order valence-corrected chi connectivity index (χ2v) is 9.29. The van der Waals surface area contributed by atoms with Gasteiger partial charge in [0.25, 0.3) is 0 Å². The second kappa shape index (κ2) is 6.60. The molecule has 1 spiro atoms. The summed E-state index contributed by atoms with van der Waals surface area (Å²) >= 11 is 0. The zero-order valence-electron chi connectivity index (χ0n) is 17.0. The van der Waals surface area contributed by atoms with Crippen LogP contribution in [-0.4, -0.2) is 42.4 Å². The summed E-state index contributed by atoms with van der Waals surface area (Å²) in [5.74, 6) is 0. The minimum absolute atomic E-state index is 0.0118. The monoisotopic (exact) mass is 387 g/mol. The fourth-order valence-electron chi connectivity index (χ4n) is 4.06. The first-order valence-corrected chi connectivity index (χ1v) is 9.80. The third-order valence-corrected chi connectivity index (χ3v) is 6.49. The van der Waals surface area contributed by atoms with Crippen LogP contribution in [0.5, 0.6) is 0 Å². The minimum Gasteiger partial charge on any atom is -0.445 e. The van der Waals surface area contributed by atoms with Crippen molar-refractivity contribution in [2.75, 3.05) is 13.1 Å². The van der Waals surface area contributed by atoms with Crippen molar-refractivity contribution in [3.8, 4) is 0 Å². The van der Waals surface area contributed by atoms with Gasteiger partial charge in [0.15, 0.2) is 0 Å². The van der Waals surface area contributed by atoms with Crippen LogP contribution in [0.4, 0.5) is 9.18 Å². The molecule has 2 heterocycles. The number of ether oxygens (including phenoxy) is 1. The number of halogens is 1. The van der Waals surface area contributed by atoms with E-state index in [1.54, 1.807) is 4.90 Å². The van der Waals surface area contributed by atoms with Gasteiger partial charge in [0.2, 0.25) is 0 Å². The van der Waals surface area contributed by atoms with E-state index in [1.807, 2.05) is 58.0 Å². The molecule has 0 aromatic heterocycles. The van der Waals surface area contributed by atoms with Gasteiger partial charge in [-0.2, -0.15) is 0 Å². The van der Waals surface area contributed by atoms with Crippen LogP contribution in [0.15, 0.2) is 41.6 Å². The lowest BCUT2D eigenvalue weighted by Gasteiger charge is -2.56. The number of likely N-dealkylation sites (tertiary alicyclic amines) is 1. The Balaban J connectivity index is 1.27. The first kappa shape index (κ1) is 19.5. The van der Waals surface area contributed by atoms with Crippen LogP contribution in [0.1, 0.15) is 46.1 Å². The predicted molar refractivity (Wildman–Crippen MR) is 104 cm³/mol. The van der Waals surface area contributed by atoms with E-state index in [4.69, 9.17) is 14.0 Å². The number of carbonyl (C=O) groups is 1. The van der Waals surface area contributed by atoms with Gasteiger partial charge >= 0.3 is 13.2 Å². The molecule has 0 N–H and O–H groups in total. The lowest BCUT2D eigenvalue weighted by molar-refractivity contribution is -0.0301. The Hall–Kier alpha value is -1.86. The molecule has 3 aliphatic rings. The zero-order valence-corrected chi connectivity index (χ0v) is 17.0. The normalized spacial score (nSPS) is 24.0. The minimum atomic E-state index is -0.927. The zero-order chi connectivity index (χ0) is 20.2. The number of rotatable bonds is 3. The van der Waals surface area contributed by atoms with E-state index in [0.717, 1.165) is 11.1 Å². The van der Waals surface area contributed by atoms with Gasteiger partial charge in [0.1, 0.15) is 12.3 Å². The summed E-state index contributed by atoms with van der Waals surface area (Å²) in [5, 5.41) is 0. The summed E-state index contributed by atoms with van der Waals surface area (Å²) in [6, 6.07) is 9.60. The summed E-state index contributed by atoms with van der Waals surface area (Å²) in [7, 11) is -0.927. The van der Waals surface area contributed by atoms with E-state index >= 15 is 0 Å². The number of hydrogen-bond donors (Lipinski definition) is 0. The lowest BCUT2D eigenvalue weighted by Crippen LogP contribution is -2.62. The Labute approximate surface area is 166 Å². The maximum Gasteiger partial charge on any atom is 0.525 e. The van der Waals surface area contributed by atoms with Crippen molar-refractivity contribution in [2.24, 2.45) is 5.41 Å². The topological polar surface area (TPSA) is 48.0 Å². The van der Waals surface area contributed by atoms with Crippen molar-refractivity contribution < 1.29 is 23.2 Å². The van der Waals surface area contributed by atoms with Crippen molar-refractivity contribution in [3.63, 3.8) is 0 Å². The molecule has 0 bridgehead atoms. The molecule has 1 aromatic carbocycles. The van der Waals surface area contributed by atoms with Crippen molar-refractivity contribution in [3.05, 3.63) is 47.2 Å². The van der Waals surface area contributed by atoms with Crippen LogP contribution in [0.2, 0.25) is 0 Å². The molecule has 28 heavy (non-hydrogen) atoms. The van der Waals surface area contributed by atoms with Crippen LogP contribution in [0, 0.1) is 5.41 Å². The Morgan fingerprint density at radius 1 is 1.11 bits per heavy atom. The summed E-state index contributed by atoms with van der Waals surface area (Å²) in [6.07, 6.45) is 0.981. The quantitative estimate of drug-likeness (QED) is 0.727. The van der Waals surface area contributed by atoms with E-state index in [2.05, 4.69) is 0 Å². The van der Waals surface area contributed by atoms with Crippen LogP contribution >= 0.6 is 0 Å². The molecule has 2 aliphatic heterocycles. The molecule has 1 amide bonds. The Kier molecular flexibility index (Phi) is 4.58. The number of nitrogens with zero attached hydrogens (tertiary/aromatic N) is 1. The highest BCUT2D eigenvalue weighted by Gasteiger charge is 2.57. The molecule has 0 unspecified atom stereocenters. The summed E-state index contributed by atoms with van der Waals surface area (Å²) in [5.41, 5.74) is 0.302. The van der Waals surface area contributed by atoms with Crippen LogP contribution in [0.25, 0.3) is 0 Å². The number of allylic oxidation sites excluding steroid dienone is 1.